The van der Waals surface area contributed by atoms with Gasteiger partial charge in [0.05, 0.1) is 6.61 Å². The average molecular weight is 362 g/mol. The molecular weight excluding hydrogens is 345 g/mol. The van der Waals surface area contributed by atoms with Gasteiger partial charge in [-0.05, 0) is 30.7 Å². The summed E-state index contributed by atoms with van der Waals surface area (Å²) in [5.41, 5.74) is 0.339. The van der Waals surface area contributed by atoms with Crippen molar-refractivity contribution < 1.29 is 37.4 Å². The van der Waals surface area contributed by atoms with Gasteiger partial charge in [-0.25, -0.2) is 0 Å². The quantitative estimate of drug-likeness (QED) is 0.460. The highest BCUT2D eigenvalue weighted by Crippen LogP contribution is 2.16. The van der Waals surface area contributed by atoms with Crippen LogP contribution >= 0.6 is 0 Å². The standard InChI is InChI=1S/C15H17F3N2O5/c16-15(17,18)9-19-12(21)8-13(22)20-10-3-5-11(6-4-10)25-7-1-2-14(23)24/h3-6H,1-2,7-9H2,(H,19,21)(H,20,22)(H,23,24). The Morgan fingerprint density at radius 3 is 2.28 bits per heavy atom. The molecule has 0 radical (unpaired) electrons. The van der Waals surface area contributed by atoms with Crippen LogP contribution in [-0.4, -0.2) is 42.2 Å². The molecule has 1 aromatic carbocycles. The van der Waals surface area contributed by atoms with Crippen molar-refractivity contribution in [1.29, 1.82) is 0 Å². The minimum atomic E-state index is -4.54. The van der Waals surface area contributed by atoms with E-state index in [1.54, 1.807) is 5.32 Å². The lowest BCUT2D eigenvalue weighted by atomic mass is 10.2. The van der Waals surface area contributed by atoms with Gasteiger partial charge in [0.1, 0.15) is 18.7 Å². The highest BCUT2D eigenvalue weighted by atomic mass is 19.4. The van der Waals surface area contributed by atoms with Crippen LogP contribution in [0.2, 0.25) is 0 Å². The van der Waals surface area contributed by atoms with Crippen LogP contribution in [0.1, 0.15) is 19.3 Å². The minimum Gasteiger partial charge on any atom is -0.494 e. The van der Waals surface area contributed by atoms with Gasteiger partial charge in [0.15, 0.2) is 0 Å². The van der Waals surface area contributed by atoms with Gasteiger partial charge in [0.2, 0.25) is 11.8 Å². The van der Waals surface area contributed by atoms with E-state index >= 15 is 0 Å². The Bertz CT molecular complexity index is 602. The van der Waals surface area contributed by atoms with Crippen molar-refractivity contribution in [2.24, 2.45) is 0 Å². The Morgan fingerprint density at radius 2 is 1.72 bits per heavy atom. The van der Waals surface area contributed by atoms with Crippen LogP contribution in [0.5, 0.6) is 5.75 Å². The molecule has 0 aromatic heterocycles. The second kappa shape index (κ2) is 9.50. The lowest BCUT2D eigenvalue weighted by Gasteiger charge is -2.09. The van der Waals surface area contributed by atoms with E-state index in [1.165, 1.54) is 24.3 Å². The zero-order valence-electron chi connectivity index (χ0n) is 13.1. The van der Waals surface area contributed by atoms with E-state index in [0.717, 1.165) is 0 Å². The molecule has 0 saturated carbocycles. The van der Waals surface area contributed by atoms with Crippen molar-refractivity contribution >= 4 is 23.5 Å². The number of amides is 2. The number of alkyl halides is 3. The van der Waals surface area contributed by atoms with E-state index in [9.17, 15) is 27.6 Å². The van der Waals surface area contributed by atoms with Crippen LogP contribution in [0.3, 0.4) is 0 Å². The molecule has 1 aromatic rings. The van der Waals surface area contributed by atoms with Gasteiger partial charge in [0.25, 0.3) is 0 Å². The van der Waals surface area contributed by atoms with Crippen molar-refractivity contribution in [3.63, 3.8) is 0 Å². The van der Waals surface area contributed by atoms with Gasteiger partial charge < -0.3 is 20.5 Å². The summed E-state index contributed by atoms with van der Waals surface area (Å²) in [6.45, 7) is -1.27. The fourth-order valence-electron chi connectivity index (χ4n) is 1.66. The number of hydrogen-bond donors (Lipinski definition) is 3. The summed E-state index contributed by atoms with van der Waals surface area (Å²) in [6.07, 6.45) is -4.93. The molecule has 0 heterocycles. The van der Waals surface area contributed by atoms with Crippen LogP contribution in [0.15, 0.2) is 24.3 Å². The molecule has 0 aliphatic rings. The van der Waals surface area contributed by atoms with Gasteiger partial charge >= 0.3 is 12.1 Å². The van der Waals surface area contributed by atoms with E-state index in [-0.39, 0.29) is 13.0 Å². The molecule has 25 heavy (non-hydrogen) atoms. The number of carbonyl (C=O) groups is 3. The van der Waals surface area contributed by atoms with E-state index in [2.05, 4.69) is 5.32 Å². The zero-order valence-corrected chi connectivity index (χ0v) is 13.1. The molecule has 0 fully saturated rings. The van der Waals surface area contributed by atoms with E-state index in [0.29, 0.717) is 17.9 Å². The van der Waals surface area contributed by atoms with Crippen LogP contribution in [0.4, 0.5) is 18.9 Å². The highest BCUT2D eigenvalue weighted by Gasteiger charge is 2.27. The number of hydrogen-bond acceptors (Lipinski definition) is 4. The van der Waals surface area contributed by atoms with Crippen molar-refractivity contribution in [1.82, 2.24) is 5.32 Å². The first-order valence-electron chi connectivity index (χ1n) is 7.23. The molecule has 0 unspecified atom stereocenters. The van der Waals surface area contributed by atoms with Crippen LogP contribution in [0, 0.1) is 0 Å². The number of carboxylic acids is 1. The number of anilines is 1. The zero-order chi connectivity index (χ0) is 18.9. The Hall–Kier alpha value is -2.78. The molecule has 0 aliphatic heterocycles. The third-order valence-electron chi connectivity index (χ3n) is 2.75. The molecule has 0 aliphatic carbocycles. The predicted octanol–water partition coefficient (Wildman–Crippen LogP) is 1.94. The van der Waals surface area contributed by atoms with Crippen LogP contribution in [-0.2, 0) is 14.4 Å². The van der Waals surface area contributed by atoms with Crippen LogP contribution in [0.25, 0.3) is 0 Å². The molecule has 10 heteroatoms. The minimum absolute atomic E-state index is 0.00938. The number of nitrogens with one attached hydrogen (secondary N) is 2. The monoisotopic (exact) mass is 362 g/mol. The van der Waals surface area contributed by atoms with Crippen molar-refractivity contribution in [3.8, 4) is 5.75 Å². The van der Waals surface area contributed by atoms with Gasteiger partial charge in [-0.15, -0.1) is 0 Å². The van der Waals surface area contributed by atoms with Gasteiger partial charge in [-0.3, -0.25) is 14.4 Å². The molecule has 2 amide bonds. The third-order valence-corrected chi connectivity index (χ3v) is 2.75. The summed E-state index contributed by atoms with van der Waals surface area (Å²) in [5, 5.41) is 12.5. The predicted molar refractivity (Wildman–Crippen MR) is 81.1 cm³/mol. The second-order valence-electron chi connectivity index (χ2n) is 4.99. The summed E-state index contributed by atoms with van der Waals surface area (Å²) in [7, 11) is 0. The molecule has 138 valence electrons. The third kappa shape index (κ3) is 9.84. The summed E-state index contributed by atoms with van der Waals surface area (Å²) < 4.78 is 41.1. The maximum Gasteiger partial charge on any atom is 0.405 e. The first kappa shape index (κ1) is 20.3. The number of carbonyl (C=O) groups excluding carboxylic acids is 2. The number of benzene rings is 1. The first-order valence-corrected chi connectivity index (χ1v) is 7.23. The van der Waals surface area contributed by atoms with Gasteiger partial charge in [-0.1, -0.05) is 0 Å². The van der Waals surface area contributed by atoms with E-state index < -0.39 is 36.9 Å². The first-order chi connectivity index (χ1) is 11.7. The SMILES string of the molecule is O=C(O)CCCOc1ccc(NC(=O)CC(=O)NCC(F)(F)F)cc1. The Balaban J connectivity index is 2.35. The Kier molecular flexibility index (Phi) is 7.70. The number of rotatable bonds is 9. The molecule has 0 bridgehead atoms. The maximum atomic E-state index is 11.9. The Morgan fingerprint density at radius 1 is 1.08 bits per heavy atom. The van der Waals surface area contributed by atoms with Crippen molar-refractivity contribution in [2.45, 2.75) is 25.4 Å². The molecule has 1 rings (SSSR count). The highest BCUT2D eigenvalue weighted by molar-refractivity contribution is 6.03. The van der Waals surface area contributed by atoms with Crippen molar-refractivity contribution in [2.75, 3.05) is 18.5 Å². The largest absolute Gasteiger partial charge is 0.494 e. The number of carboxylic acid groups (broad SMARTS) is 1. The normalized spacial score (nSPS) is 10.8. The molecule has 0 atom stereocenters. The summed E-state index contributed by atoms with van der Waals surface area (Å²) >= 11 is 0. The fourth-order valence-corrected chi connectivity index (χ4v) is 1.66. The molecule has 7 nitrogen and oxygen atoms in total. The summed E-state index contributed by atoms with van der Waals surface area (Å²) in [6, 6.07) is 6.02. The summed E-state index contributed by atoms with van der Waals surface area (Å²) in [5.74, 6) is -2.24. The fraction of sp³-hybridized carbons (Fsp3) is 0.400. The lowest BCUT2D eigenvalue weighted by molar-refractivity contribution is -0.140. The molecule has 0 spiro atoms. The number of aliphatic carboxylic acids is 1. The summed E-state index contributed by atoms with van der Waals surface area (Å²) in [4.78, 5) is 33.1. The topological polar surface area (TPSA) is 105 Å². The van der Waals surface area contributed by atoms with Crippen LogP contribution < -0.4 is 15.4 Å². The average Bonchev–Trinajstić information content (AvgIpc) is 2.50. The number of halogens is 3. The van der Waals surface area contributed by atoms with Gasteiger partial charge in [0, 0.05) is 12.1 Å². The lowest BCUT2D eigenvalue weighted by Crippen LogP contribution is -2.35. The second-order valence-corrected chi connectivity index (χ2v) is 4.99. The smallest absolute Gasteiger partial charge is 0.405 e. The van der Waals surface area contributed by atoms with Crippen molar-refractivity contribution in [3.05, 3.63) is 24.3 Å². The van der Waals surface area contributed by atoms with E-state index in [4.69, 9.17) is 9.84 Å². The van der Waals surface area contributed by atoms with Gasteiger partial charge in [-0.2, -0.15) is 13.2 Å². The van der Waals surface area contributed by atoms with E-state index in [1.807, 2.05) is 0 Å². The molecular formula is C15H17F3N2O5. The Labute approximate surface area is 141 Å². The molecule has 0 saturated heterocycles. The maximum absolute atomic E-state index is 11.9. The molecule has 3 N–H and O–H groups in total. The number of ether oxygens (including phenoxy) is 1.